The van der Waals surface area contributed by atoms with E-state index < -0.39 is 6.04 Å². The molecule has 1 aliphatic heterocycles. The number of amides is 1. The fourth-order valence-electron chi connectivity index (χ4n) is 1.93. The summed E-state index contributed by atoms with van der Waals surface area (Å²) < 4.78 is 10.2. The van der Waals surface area contributed by atoms with Crippen molar-refractivity contribution in [2.45, 2.75) is 31.4 Å². The van der Waals surface area contributed by atoms with Gasteiger partial charge in [0.15, 0.2) is 0 Å². The van der Waals surface area contributed by atoms with Crippen molar-refractivity contribution in [3.05, 3.63) is 0 Å². The average Bonchev–Trinajstić information content (AvgIpc) is 2.35. The van der Waals surface area contributed by atoms with Crippen LogP contribution in [0, 0.1) is 0 Å². The summed E-state index contributed by atoms with van der Waals surface area (Å²) >= 11 is 0. The van der Waals surface area contributed by atoms with Gasteiger partial charge in [0, 0.05) is 33.9 Å². The van der Waals surface area contributed by atoms with Crippen molar-refractivity contribution in [1.82, 2.24) is 4.90 Å². The molecule has 0 saturated carbocycles. The van der Waals surface area contributed by atoms with Gasteiger partial charge in [-0.05, 0) is 19.3 Å². The molecular formula is C11H22N2O3. The van der Waals surface area contributed by atoms with Gasteiger partial charge in [-0.1, -0.05) is 0 Å². The molecule has 0 aliphatic carbocycles. The second-order valence-electron chi connectivity index (χ2n) is 4.17. The molecule has 0 aromatic carbocycles. The Morgan fingerprint density at radius 3 is 2.94 bits per heavy atom. The highest BCUT2D eigenvalue weighted by Gasteiger charge is 2.26. The van der Waals surface area contributed by atoms with E-state index in [0.29, 0.717) is 19.6 Å². The van der Waals surface area contributed by atoms with Crippen LogP contribution >= 0.6 is 0 Å². The molecule has 1 aliphatic rings. The number of methoxy groups -OCH3 is 2. The third-order valence-corrected chi connectivity index (χ3v) is 2.97. The van der Waals surface area contributed by atoms with E-state index in [1.165, 1.54) is 0 Å². The highest BCUT2D eigenvalue weighted by molar-refractivity contribution is 5.81. The van der Waals surface area contributed by atoms with Crippen molar-refractivity contribution in [2.75, 3.05) is 33.9 Å². The Kier molecular flexibility index (Phi) is 5.73. The van der Waals surface area contributed by atoms with E-state index in [2.05, 4.69) is 0 Å². The lowest BCUT2D eigenvalue weighted by molar-refractivity contribution is -0.136. The van der Waals surface area contributed by atoms with E-state index in [9.17, 15) is 4.79 Å². The van der Waals surface area contributed by atoms with Gasteiger partial charge in [-0.15, -0.1) is 0 Å². The summed E-state index contributed by atoms with van der Waals surface area (Å²) in [5, 5.41) is 0. The summed E-state index contributed by atoms with van der Waals surface area (Å²) in [4.78, 5) is 13.8. The molecule has 1 amide bonds. The number of carbonyl (C=O) groups is 1. The molecule has 0 aromatic rings. The second kappa shape index (κ2) is 6.83. The number of rotatable bonds is 5. The van der Waals surface area contributed by atoms with Crippen LogP contribution in [0.25, 0.3) is 0 Å². The maximum atomic E-state index is 12.0. The van der Waals surface area contributed by atoms with Gasteiger partial charge in [0.1, 0.15) is 0 Å². The Balaban J connectivity index is 2.40. The number of nitrogens with two attached hydrogens (primary N) is 1. The van der Waals surface area contributed by atoms with Crippen LogP contribution < -0.4 is 5.73 Å². The SMILES string of the molecule is COCCC(N)C(=O)N1CCCC(OC)C1. The molecule has 0 radical (unpaired) electrons. The Bertz CT molecular complexity index is 223. The first-order chi connectivity index (χ1) is 7.69. The van der Waals surface area contributed by atoms with E-state index in [1.54, 1.807) is 19.1 Å². The highest BCUT2D eigenvalue weighted by Crippen LogP contribution is 2.13. The fraction of sp³-hybridized carbons (Fsp3) is 0.909. The number of hydrogen-bond donors (Lipinski definition) is 1. The van der Waals surface area contributed by atoms with Gasteiger partial charge in [-0.3, -0.25) is 4.79 Å². The molecule has 1 rings (SSSR count). The zero-order valence-corrected chi connectivity index (χ0v) is 10.1. The number of ether oxygens (including phenoxy) is 2. The predicted molar refractivity (Wildman–Crippen MR) is 61.1 cm³/mol. The largest absolute Gasteiger partial charge is 0.385 e. The molecule has 1 fully saturated rings. The van der Waals surface area contributed by atoms with Crippen LogP contribution in [0.15, 0.2) is 0 Å². The van der Waals surface area contributed by atoms with E-state index in [1.807, 2.05) is 0 Å². The molecule has 5 heteroatoms. The van der Waals surface area contributed by atoms with Crippen molar-refractivity contribution in [3.63, 3.8) is 0 Å². The molecule has 0 bridgehead atoms. The first kappa shape index (κ1) is 13.4. The lowest BCUT2D eigenvalue weighted by Crippen LogP contribution is -2.49. The highest BCUT2D eigenvalue weighted by atomic mass is 16.5. The number of piperidine rings is 1. The number of hydrogen-bond acceptors (Lipinski definition) is 4. The molecule has 1 heterocycles. The fourth-order valence-corrected chi connectivity index (χ4v) is 1.93. The van der Waals surface area contributed by atoms with Gasteiger partial charge in [-0.2, -0.15) is 0 Å². The smallest absolute Gasteiger partial charge is 0.239 e. The summed E-state index contributed by atoms with van der Waals surface area (Å²) in [6.07, 6.45) is 2.74. The monoisotopic (exact) mass is 230 g/mol. The van der Waals surface area contributed by atoms with E-state index in [-0.39, 0.29) is 12.0 Å². The lowest BCUT2D eigenvalue weighted by Gasteiger charge is -2.33. The molecule has 1 saturated heterocycles. The minimum atomic E-state index is -0.449. The summed E-state index contributed by atoms with van der Waals surface area (Å²) in [6.45, 7) is 1.98. The molecule has 5 nitrogen and oxygen atoms in total. The Morgan fingerprint density at radius 1 is 1.56 bits per heavy atom. The topological polar surface area (TPSA) is 64.8 Å². The van der Waals surface area contributed by atoms with E-state index >= 15 is 0 Å². The molecule has 2 N–H and O–H groups in total. The van der Waals surface area contributed by atoms with Gasteiger partial charge in [0.25, 0.3) is 0 Å². The lowest BCUT2D eigenvalue weighted by atomic mass is 10.1. The van der Waals surface area contributed by atoms with Crippen LogP contribution in [0.3, 0.4) is 0 Å². The van der Waals surface area contributed by atoms with Crippen LogP contribution in [0.5, 0.6) is 0 Å². The van der Waals surface area contributed by atoms with Crippen LogP contribution in [-0.4, -0.2) is 56.9 Å². The molecule has 2 atom stereocenters. The van der Waals surface area contributed by atoms with Gasteiger partial charge < -0.3 is 20.1 Å². The molecular weight excluding hydrogens is 208 g/mol. The van der Waals surface area contributed by atoms with Gasteiger partial charge >= 0.3 is 0 Å². The predicted octanol–water partition coefficient (Wildman–Crippen LogP) is -0.0124. The zero-order valence-electron chi connectivity index (χ0n) is 10.1. The molecule has 0 aromatic heterocycles. The van der Waals surface area contributed by atoms with E-state index in [4.69, 9.17) is 15.2 Å². The van der Waals surface area contributed by atoms with Crippen molar-refractivity contribution >= 4 is 5.91 Å². The van der Waals surface area contributed by atoms with Crippen molar-refractivity contribution in [3.8, 4) is 0 Å². The van der Waals surface area contributed by atoms with E-state index in [0.717, 1.165) is 19.4 Å². The van der Waals surface area contributed by atoms with Crippen LogP contribution in [0.1, 0.15) is 19.3 Å². The van der Waals surface area contributed by atoms with Crippen molar-refractivity contribution < 1.29 is 14.3 Å². The molecule has 16 heavy (non-hydrogen) atoms. The summed E-state index contributed by atoms with van der Waals surface area (Å²) in [6, 6.07) is -0.449. The van der Waals surface area contributed by atoms with Crippen molar-refractivity contribution in [1.29, 1.82) is 0 Å². The zero-order chi connectivity index (χ0) is 12.0. The summed E-state index contributed by atoms with van der Waals surface area (Å²) in [7, 11) is 3.29. The summed E-state index contributed by atoms with van der Waals surface area (Å²) in [5.41, 5.74) is 5.81. The number of nitrogens with zero attached hydrogens (tertiary/aromatic N) is 1. The Morgan fingerprint density at radius 2 is 2.31 bits per heavy atom. The second-order valence-corrected chi connectivity index (χ2v) is 4.17. The number of likely N-dealkylation sites (tertiary alicyclic amines) is 1. The van der Waals surface area contributed by atoms with Gasteiger partial charge in [0.2, 0.25) is 5.91 Å². The quantitative estimate of drug-likeness (QED) is 0.721. The van der Waals surface area contributed by atoms with Crippen LogP contribution in [0.2, 0.25) is 0 Å². The number of carbonyl (C=O) groups excluding carboxylic acids is 1. The van der Waals surface area contributed by atoms with Crippen LogP contribution in [-0.2, 0) is 14.3 Å². The van der Waals surface area contributed by atoms with Crippen LogP contribution in [0.4, 0.5) is 0 Å². The molecule has 94 valence electrons. The molecule has 2 unspecified atom stereocenters. The minimum Gasteiger partial charge on any atom is -0.385 e. The third kappa shape index (κ3) is 3.73. The summed E-state index contributed by atoms with van der Waals surface area (Å²) in [5.74, 6) is 0.0128. The standard InChI is InChI=1S/C11H22N2O3/c1-15-7-5-10(12)11(14)13-6-3-4-9(8-13)16-2/h9-10H,3-8,12H2,1-2H3. The maximum Gasteiger partial charge on any atom is 0.239 e. The van der Waals surface area contributed by atoms with Gasteiger partial charge in [-0.25, -0.2) is 0 Å². The van der Waals surface area contributed by atoms with Gasteiger partial charge in [0.05, 0.1) is 12.1 Å². The first-order valence-corrected chi connectivity index (χ1v) is 5.75. The third-order valence-electron chi connectivity index (χ3n) is 2.97. The molecule has 0 spiro atoms. The first-order valence-electron chi connectivity index (χ1n) is 5.75. The Labute approximate surface area is 96.9 Å². The average molecular weight is 230 g/mol. The Hall–Kier alpha value is -0.650. The van der Waals surface area contributed by atoms with Crippen molar-refractivity contribution in [2.24, 2.45) is 5.73 Å². The minimum absolute atomic E-state index is 0.0128. The maximum absolute atomic E-state index is 12.0. The normalized spacial score (nSPS) is 23.2.